The molecular formula is C19H29N3O4. The molecule has 0 spiro atoms. The molecule has 0 fully saturated rings. The van der Waals surface area contributed by atoms with E-state index in [1.54, 1.807) is 31.2 Å². The molecule has 2 atom stereocenters. The molecule has 0 bridgehead atoms. The van der Waals surface area contributed by atoms with Crippen LogP contribution in [-0.4, -0.2) is 43.5 Å². The zero-order chi connectivity index (χ0) is 19.7. The van der Waals surface area contributed by atoms with Crippen molar-refractivity contribution in [3.8, 4) is 5.75 Å². The molecule has 1 aromatic rings. The first-order valence-electron chi connectivity index (χ1n) is 8.83. The first kappa shape index (κ1) is 21.5. The monoisotopic (exact) mass is 363 g/mol. The van der Waals surface area contributed by atoms with Crippen LogP contribution in [0.15, 0.2) is 24.3 Å². The highest BCUT2D eigenvalue weighted by Crippen LogP contribution is 2.17. The molecule has 0 unspecified atom stereocenters. The van der Waals surface area contributed by atoms with Gasteiger partial charge in [0.1, 0.15) is 17.8 Å². The van der Waals surface area contributed by atoms with E-state index in [1.165, 1.54) is 7.11 Å². The van der Waals surface area contributed by atoms with E-state index in [2.05, 4.69) is 16.0 Å². The number of carbonyl (C=O) groups is 3. The number of ether oxygens (including phenoxy) is 1. The van der Waals surface area contributed by atoms with Crippen LogP contribution in [-0.2, 0) is 9.59 Å². The number of hydrogen-bond donors (Lipinski definition) is 3. The molecule has 7 heteroatoms. The predicted molar refractivity (Wildman–Crippen MR) is 100.0 cm³/mol. The van der Waals surface area contributed by atoms with Crippen molar-refractivity contribution in [2.75, 3.05) is 13.7 Å². The average molecular weight is 363 g/mol. The van der Waals surface area contributed by atoms with Crippen LogP contribution < -0.4 is 20.7 Å². The molecule has 1 aromatic carbocycles. The van der Waals surface area contributed by atoms with E-state index >= 15 is 0 Å². The highest BCUT2D eigenvalue weighted by Gasteiger charge is 2.27. The zero-order valence-corrected chi connectivity index (χ0v) is 16.1. The van der Waals surface area contributed by atoms with Gasteiger partial charge in [-0.15, -0.1) is 0 Å². The highest BCUT2D eigenvalue weighted by molar-refractivity contribution is 6.00. The Kier molecular flexibility index (Phi) is 8.61. The van der Waals surface area contributed by atoms with Crippen LogP contribution in [0.2, 0.25) is 0 Å². The summed E-state index contributed by atoms with van der Waals surface area (Å²) in [5, 5.41) is 8.12. The number of carbonyl (C=O) groups excluding carboxylic acids is 3. The van der Waals surface area contributed by atoms with E-state index in [0.29, 0.717) is 17.9 Å². The Bertz CT molecular complexity index is 631. The van der Waals surface area contributed by atoms with Gasteiger partial charge in [0.15, 0.2) is 0 Å². The molecule has 3 N–H and O–H groups in total. The SMILES string of the molecule is CCCNC(=O)[C@H](C)NC(=O)[C@@H](NC(=O)c1ccccc1OC)C(C)C. The van der Waals surface area contributed by atoms with E-state index in [4.69, 9.17) is 4.74 Å². The number of nitrogens with one attached hydrogen (secondary N) is 3. The van der Waals surface area contributed by atoms with Crippen molar-refractivity contribution in [2.45, 2.75) is 46.2 Å². The third kappa shape index (κ3) is 6.06. The highest BCUT2D eigenvalue weighted by atomic mass is 16.5. The summed E-state index contributed by atoms with van der Waals surface area (Å²) < 4.78 is 5.19. The molecule has 144 valence electrons. The van der Waals surface area contributed by atoms with Crippen LogP contribution in [0.5, 0.6) is 5.75 Å². The standard InChI is InChI=1S/C19H29N3O4/c1-6-11-20-17(23)13(4)21-19(25)16(12(2)3)22-18(24)14-9-7-8-10-15(14)26-5/h7-10,12-13,16H,6,11H2,1-5H3,(H,20,23)(H,21,25)(H,22,24)/t13-,16-/m0/s1. The van der Waals surface area contributed by atoms with Gasteiger partial charge in [0.05, 0.1) is 12.7 Å². The Balaban J connectivity index is 2.80. The maximum Gasteiger partial charge on any atom is 0.255 e. The minimum atomic E-state index is -0.770. The Labute approximate surface area is 154 Å². The van der Waals surface area contributed by atoms with Crippen LogP contribution in [0, 0.1) is 5.92 Å². The Morgan fingerprint density at radius 2 is 1.69 bits per heavy atom. The van der Waals surface area contributed by atoms with E-state index in [9.17, 15) is 14.4 Å². The Hall–Kier alpha value is -2.57. The molecule has 0 aliphatic carbocycles. The fourth-order valence-corrected chi connectivity index (χ4v) is 2.36. The van der Waals surface area contributed by atoms with E-state index in [0.717, 1.165) is 6.42 Å². The van der Waals surface area contributed by atoms with E-state index in [-0.39, 0.29) is 11.8 Å². The quantitative estimate of drug-likeness (QED) is 0.619. The minimum Gasteiger partial charge on any atom is -0.496 e. The molecule has 0 radical (unpaired) electrons. The van der Waals surface area contributed by atoms with Crippen LogP contribution >= 0.6 is 0 Å². The van der Waals surface area contributed by atoms with Crippen molar-refractivity contribution in [1.82, 2.24) is 16.0 Å². The van der Waals surface area contributed by atoms with Gasteiger partial charge in [-0.05, 0) is 31.4 Å². The van der Waals surface area contributed by atoms with Gasteiger partial charge < -0.3 is 20.7 Å². The maximum atomic E-state index is 12.6. The molecule has 26 heavy (non-hydrogen) atoms. The first-order chi connectivity index (χ1) is 12.3. The first-order valence-corrected chi connectivity index (χ1v) is 8.83. The second-order valence-corrected chi connectivity index (χ2v) is 6.42. The lowest BCUT2D eigenvalue weighted by molar-refractivity contribution is -0.130. The minimum absolute atomic E-state index is 0.153. The third-order valence-electron chi connectivity index (χ3n) is 3.89. The van der Waals surface area contributed by atoms with Crippen LogP contribution in [0.1, 0.15) is 44.5 Å². The van der Waals surface area contributed by atoms with E-state index < -0.39 is 23.9 Å². The number of benzene rings is 1. The van der Waals surface area contributed by atoms with Crippen molar-refractivity contribution in [3.63, 3.8) is 0 Å². The molecular weight excluding hydrogens is 334 g/mol. The van der Waals surface area contributed by atoms with Crippen molar-refractivity contribution in [1.29, 1.82) is 0 Å². The molecule has 0 aliphatic rings. The number of methoxy groups -OCH3 is 1. The largest absolute Gasteiger partial charge is 0.496 e. The lowest BCUT2D eigenvalue weighted by Gasteiger charge is -2.24. The lowest BCUT2D eigenvalue weighted by Crippen LogP contribution is -2.54. The summed E-state index contributed by atoms with van der Waals surface area (Å²) in [6.45, 7) is 7.77. The lowest BCUT2D eigenvalue weighted by atomic mass is 10.0. The van der Waals surface area contributed by atoms with Crippen LogP contribution in [0.25, 0.3) is 0 Å². The van der Waals surface area contributed by atoms with Gasteiger partial charge in [0.2, 0.25) is 11.8 Å². The summed E-state index contributed by atoms with van der Waals surface area (Å²) in [5.41, 5.74) is 0.349. The fourth-order valence-electron chi connectivity index (χ4n) is 2.36. The molecule has 0 aliphatic heterocycles. The van der Waals surface area contributed by atoms with Gasteiger partial charge in [-0.25, -0.2) is 0 Å². The average Bonchev–Trinajstić information content (AvgIpc) is 2.63. The molecule has 0 saturated heterocycles. The second kappa shape index (κ2) is 10.4. The predicted octanol–water partition coefficient (Wildman–Crippen LogP) is 1.48. The Morgan fingerprint density at radius 1 is 1.04 bits per heavy atom. The third-order valence-corrected chi connectivity index (χ3v) is 3.89. The van der Waals surface area contributed by atoms with Gasteiger partial charge >= 0.3 is 0 Å². The summed E-state index contributed by atoms with van der Waals surface area (Å²) in [7, 11) is 1.48. The van der Waals surface area contributed by atoms with Crippen molar-refractivity contribution >= 4 is 17.7 Å². The number of hydrogen-bond acceptors (Lipinski definition) is 4. The maximum absolute atomic E-state index is 12.6. The zero-order valence-electron chi connectivity index (χ0n) is 16.1. The van der Waals surface area contributed by atoms with Crippen molar-refractivity contribution in [2.24, 2.45) is 5.92 Å². The molecule has 0 heterocycles. The molecule has 0 saturated carbocycles. The summed E-state index contributed by atoms with van der Waals surface area (Å²) in [6, 6.07) is 5.34. The number of amides is 3. The van der Waals surface area contributed by atoms with Crippen molar-refractivity contribution < 1.29 is 19.1 Å². The normalized spacial score (nSPS) is 12.8. The summed E-state index contributed by atoms with van der Waals surface area (Å²) in [5.74, 6) is -0.777. The van der Waals surface area contributed by atoms with Gasteiger partial charge in [0.25, 0.3) is 5.91 Å². The Morgan fingerprint density at radius 3 is 2.27 bits per heavy atom. The van der Waals surface area contributed by atoms with Gasteiger partial charge in [-0.2, -0.15) is 0 Å². The molecule has 0 aromatic heterocycles. The number of para-hydroxylation sites is 1. The molecule has 1 rings (SSSR count). The van der Waals surface area contributed by atoms with Crippen LogP contribution in [0.3, 0.4) is 0 Å². The second-order valence-electron chi connectivity index (χ2n) is 6.42. The van der Waals surface area contributed by atoms with Crippen LogP contribution in [0.4, 0.5) is 0 Å². The summed E-state index contributed by atoms with van der Waals surface area (Å²) in [6.07, 6.45) is 0.815. The summed E-state index contributed by atoms with van der Waals surface area (Å²) in [4.78, 5) is 37.0. The topological polar surface area (TPSA) is 96.5 Å². The fraction of sp³-hybridized carbons (Fsp3) is 0.526. The summed E-state index contributed by atoms with van der Waals surface area (Å²) >= 11 is 0. The van der Waals surface area contributed by atoms with Crippen molar-refractivity contribution in [3.05, 3.63) is 29.8 Å². The molecule has 7 nitrogen and oxygen atoms in total. The van der Waals surface area contributed by atoms with E-state index in [1.807, 2.05) is 20.8 Å². The number of rotatable bonds is 9. The van der Waals surface area contributed by atoms with Gasteiger partial charge in [-0.3, -0.25) is 14.4 Å². The van der Waals surface area contributed by atoms with Gasteiger partial charge in [0, 0.05) is 6.54 Å². The smallest absolute Gasteiger partial charge is 0.255 e. The van der Waals surface area contributed by atoms with Gasteiger partial charge in [-0.1, -0.05) is 32.9 Å². The molecule has 3 amide bonds.